The van der Waals surface area contributed by atoms with Crippen LogP contribution in [0.1, 0.15) is 19.8 Å². The van der Waals surface area contributed by atoms with Crippen LogP contribution in [0.4, 0.5) is 0 Å². The normalized spacial score (nSPS) is 22.1. The fraction of sp³-hybridized carbons (Fsp3) is 0.750. The highest BCUT2D eigenvalue weighted by Crippen LogP contribution is 2.08. The standard InChI is InChI=1S/C8H15N3O2/c1-6(12)10-11-8(13)7-3-2-4-9-5-7/h7,9H,2-5H2,1H3,(H,10,12)(H,11,13)/t7-/m1/s1. The molecule has 0 radical (unpaired) electrons. The van der Waals surface area contributed by atoms with Crippen molar-refractivity contribution < 1.29 is 9.59 Å². The SMILES string of the molecule is CC(=O)NNC(=O)[C@@H]1CCCNC1. The Hall–Kier alpha value is -1.10. The van der Waals surface area contributed by atoms with Gasteiger partial charge < -0.3 is 5.32 Å². The minimum absolute atomic E-state index is 0.0133. The summed E-state index contributed by atoms with van der Waals surface area (Å²) in [5, 5.41) is 3.13. The number of hydrogen-bond acceptors (Lipinski definition) is 3. The first-order valence-electron chi connectivity index (χ1n) is 4.47. The number of rotatable bonds is 1. The van der Waals surface area contributed by atoms with Gasteiger partial charge in [0.15, 0.2) is 0 Å². The molecule has 0 aromatic heterocycles. The van der Waals surface area contributed by atoms with E-state index in [1.54, 1.807) is 0 Å². The maximum atomic E-state index is 11.3. The van der Waals surface area contributed by atoms with Gasteiger partial charge in [-0.25, -0.2) is 0 Å². The smallest absolute Gasteiger partial charge is 0.242 e. The second kappa shape index (κ2) is 4.81. The molecule has 1 aliphatic heterocycles. The van der Waals surface area contributed by atoms with E-state index in [1.807, 2.05) is 0 Å². The molecule has 74 valence electrons. The highest BCUT2D eigenvalue weighted by Gasteiger charge is 2.20. The molecule has 1 saturated heterocycles. The number of hydrazine groups is 1. The molecule has 0 bridgehead atoms. The van der Waals surface area contributed by atoms with Crippen molar-refractivity contribution in [3.05, 3.63) is 0 Å². The van der Waals surface area contributed by atoms with Gasteiger partial charge in [-0.15, -0.1) is 0 Å². The van der Waals surface area contributed by atoms with Crippen LogP contribution in [0.5, 0.6) is 0 Å². The predicted molar refractivity (Wildman–Crippen MR) is 47.6 cm³/mol. The monoisotopic (exact) mass is 185 g/mol. The van der Waals surface area contributed by atoms with Crippen LogP contribution in [0.25, 0.3) is 0 Å². The van der Waals surface area contributed by atoms with Gasteiger partial charge in [0.1, 0.15) is 0 Å². The van der Waals surface area contributed by atoms with E-state index in [0.29, 0.717) is 6.54 Å². The van der Waals surface area contributed by atoms with Crippen molar-refractivity contribution in [2.24, 2.45) is 5.92 Å². The number of carbonyl (C=O) groups is 2. The summed E-state index contributed by atoms with van der Waals surface area (Å²) < 4.78 is 0. The lowest BCUT2D eigenvalue weighted by atomic mass is 9.99. The zero-order chi connectivity index (χ0) is 9.68. The zero-order valence-electron chi connectivity index (χ0n) is 7.72. The van der Waals surface area contributed by atoms with Crippen molar-refractivity contribution in [3.63, 3.8) is 0 Å². The van der Waals surface area contributed by atoms with Gasteiger partial charge in [0.25, 0.3) is 0 Å². The Kier molecular flexibility index (Phi) is 3.70. The molecule has 2 amide bonds. The van der Waals surface area contributed by atoms with Crippen molar-refractivity contribution in [2.45, 2.75) is 19.8 Å². The Morgan fingerprint density at radius 2 is 2.15 bits per heavy atom. The number of amides is 2. The summed E-state index contributed by atoms with van der Waals surface area (Å²) in [5.41, 5.74) is 4.65. The molecule has 5 heteroatoms. The summed E-state index contributed by atoms with van der Waals surface area (Å²) in [7, 11) is 0. The molecule has 0 saturated carbocycles. The highest BCUT2D eigenvalue weighted by molar-refractivity contribution is 5.82. The lowest BCUT2D eigenvalue weighted by Crippen LogP contribution is -2.47. The maximum Gasteiger partial charge on any atom is 0.242 e. The average molecular weight is 185 g/mol. The number of nitrogens with one attached hydrogen (secondary N) is 3. The second-order valence-electron chi connectivity index (χ2n) is 3.21. The van der Waals surface area contributed by atoms with E-state index >= 15 is 0 Å². The first-order chi connectivity index (χ1) is 6.20. The molecule has 0 aromatic rings. The molecule has 0 aromatic carbocycles. The second-order valence-corrected chi connectivity index (χ2v) is 3.21. The van der Waals surface area contributed by atoms with Crippen LogP contribution in [0, 0.1) is 5.92 Å². The van der Waals surface area contributed by atoms with Gasteiger partial charge >= 0.3 is 0 Å². The largest absolute Gasteiger partial charge is 0.316 e. The van der Waals surface area contributed by atoms with E-state index in [9.17, 15) is 9.59 Å². The molecule has 1 heterocycles. The Balaban J connectivity index is 2.25. The van der Waals surface area contributed by atoms with Crippen molar-refractivity contribution in [1.82, 2.24) is 16.2 Å². The minimum atomic E-state index is -0.253. The third kappa shape index (κ3) is 3.42. The van der Waals surface area contributed by atoms with Crippen LogP contribution in [0.3, 0.4) is 0 Å². The van der Waals surface area contributed by atoms with Crippen LogP contribution in [-0.4, -0.2) is 24.9 Å². The van der Waals surface area contributed by atoms with E-state index in [4.69, 9.17) is 0 Å². The van der Waals surface area contributed by atoms with Gasteiger partial charge in [-0.3, -0.25) is 20.4 Å². The van der Waals surface area contributed by atoms with Gasteiger partial charge in [0.2, 0.25) is 11.8 Å². The van der Waals surface area contributed by atoms with E-state index in [-0.39, 0.29) is 17.7 Å². The van der Waals surface area contributed by atoms with Crippen molar-refractivity contribution in [1.29, 1.82) is 0 Å². The van der Waals surface area contributed by atoms with Gasteiger partial charge in [0.05, 0.1) is 5.92 Å². The van der Waals surface area contributed by atoms with Gasteiger partial charge in [0, 0.05) is 13.5 Å². The number of piperidine rings is 1. The van der Waals surface area contributed by atoms with E-state index in [2.05, 4.69) is 16.2 Å². The van der Waals surface area contributed by atoms with Crippen LogP contribution in [0.15, 0.2) is 0 Å². The fourth-order valence-electron chi connectivity index (χ4n) is 1.33. The lowest BCUT2D eigenvalue weighted by molar-refractivity contribution is -0.130. The zero-order valence-corrected chi connectivity index (χ0v) is 7.72. The summed E-state index contributed by atoms with van der Waals surface area (Å²) in [6.45, 7) is 3.04. The third-order valence-corrected chi connectivity index (χ3v) is 2.03. The molecule has 1 fully saturated rings. The summed E-state index contributed by atoms with van der Waals surface area (Å²) in [6, 6.07) is 0. The van der Waals surface area contributed by atoms with E-state index < -0.39 is 0 Å². The Bertz CT molecular complexity index is 200. The van der Waals surface area contributed by atoms with E-state index in [0.717, 1.165) is 19.4 Å². The van der Waals surface area contributed by atoms with Crippen molar-refractivity contribution in [3.8, 4) is 0 Å². The van der Waals surface area contributed by atoms with Crippen LogP contribution < -0.4 is 16.2 Å². The summed E-state index contributed by atoms with van der Waals surface area (Å²) in [6.07, 6.45) is 1.90. The lowest BCUT2D eigenvalue weighted by Gasteiger charge is -2.21. The summed E-state index contributed by atoms with van der Waals surface area (Å²) >= 11 is 0. The summed E-state index contributed by atoms with van der Waals surface area (Å²) in [4.78, 5) is 21.8. The molecule has 1 aliphatic rings. The molecule has 1 rings (SSSR count). The Labute approximate surface area is 77.2 Å². The van der Waals surface area contributed by atoms with Gasteiger partial charge in [-0.05, 0) is 19.4 Å². The highest BCUT2D eigenvalue weighted by atomic mass is 16.2. The molecule has 0 aliphatic carbocycles. The molecule has 13 heavy (non-hydrogen) atoms. The molecule has 0 unspecified atom stereocenters. The molecular weight excluding hydrogens is 170 g/mol. The quantitative estimate of drug-likeness (QED) is 0.466. The minimum Gasteiger partial charge on any atom is -0.316 e. The fourth-order valence-corrected chi connectivity index (χ4v) is 1.33. The van der Waals surface area contributed by atoms with Gasteiger partial charge in [-0.1, -0.05) is 0 Å². The van der Waals surface area contributed by atoms with Crippen molar-refractivity contribution >= 4 is 11.8 Å². The predicted octanol–water partition coefficient (Wildman–Crippen LogP) is -0.847. The number of hydrogen-bond donors (Lipinski definition) is 3. The maximum absolute atomic E-state index is 11.3. The first-order valence-corrected chi connectivity index (χ1v) is 4.47. The van der Waals surface area contributed by atoms with E-state index in [1.165, 1.54) is 6.92 Å². The van der Waals surface area contributed by atoms with Crippen molar-refractivity contribution in [2.75, 3.05) is 13.1 Å². The van der Waals surface area contributed by atoms with Gasteiger partial charge in [-0.2, -0.15) is 0 Å². The summed E-state index contributed by atoms with van der Waals surface area (Å²) in [5.74, 6) is -0.375. The molecular formula is C8H15N3O2. The first kappa shape index (κ1) is 9.98. The Morgan fingerprint density at radius 1 is 1.38 bits per heavy atom. The Morgan fingerprint density at radius 3 is 2.69 bits per heavy atom. The average Bonchev–Trinajstić information content (AvgIpc) is 2.15. The molecule has 1 atom stereocenters. The van der Waals surface area contributed by atoms with Crippen LogP contribution >= 0.6 is 0 Å². The van der Waals surface area contributed by atoms with Crippen LogP contribution in [-0.2, 0) is 9.59 Å². The number of carbonyl (C=O) groups excluding carboxylic acids is 2. The third-order valence-electron chi connectivity index (χ3n) is 2.03. The topological polar surface area (TPSA) is 70.2 Å². The van der Waals surface area contributed by atoms with Crippen LogP contribution in [0.2, 0.25) is 0 Å². The molecule has 5 nitrogen and oxygen atoms in total. The molecule has 3 N–H and O–H groups in total. The molecule has 0 spiro atoms.